The topological polar surface area (TPSA) is 50.1 Å². The molecule has 0 aliphatic carbocycles. The van der Waals surface area contributed by atoms with E-state index in [1.54, 1.807) is 19.1 Å². The van der Waals surface area contributed by atoms with Crippen LogP contribution in [0.25, 0.3) is 5.57 Å². The van der Waals surface area contributed by atoms with Crippen LogP contribution in [0.5, 0.6) is 0 Å². The number of nitrogens with zero attached hydrogens (tertiary/aromatic N) is 1. The molecule has 1 rings (SSSR count). The van der Waals surface area contributed by atoms with Crippen molar-refractivity contribution in [2.24, 2.45) is 0 Å². The fourth-order valence-electron chi connectivity index (χ4n) is 0.985. The fraction of sp³-hybridized carbons (Fsp3) is 0.167. The highest BCUT2D eigenvalue weighted by Crippen LogP contribution is 2.12. The number of hydrogen-bond donors (Lipinski definition) is 0. The summed E-state index contributed by atoms with van der Waals surface area (Å²) in [7, 11) is 0. The number of ether oxygens (including phenoxy) is 1. The molecule has 76 valence electrons. The molecular weight excluding hydrogens is 190 g/mol. The molecular formula is C12H11NO2. The quantitative estimate of drug-likeness (QED) is 0.429. The van der Waals surface area contributed by atoms with Gasteiger partial charge in [-0.3, -0.25) is 4.79 Å². The van der Waals surface area contributed by atoms with E-state index in [4.69, 9.17) is 10.00 Å². The van der Waals surface area contributed by atoms with Gasteiger partial charge in [-0.1, -0.05) is 37.3 Å². The molecule has 3 heteroatoms. The van der Waals surface area contributed by atoms with Gasteiger partial charge in [0.25, 0.3) is 0 Å². The van der Waals surface area contributed by atoms with Crippen LogP contribution in [0.4, 0.5) is 0 Å². The van der Waals surface area contributed by atoms with Crippen molar-refractivity contribution >= 4 is 11.5 Å². The summed E-state index contributed by atoms with van der Waals surface area (Å²) in [6.45, 7) is 1.70. The molecule has 0 saturated carbocycles. The van der Waals surface area contributed by atoms with Gasteiger partial charge in [-0.25, -0.2) is 0 Å². The Morgan fingerprint density at radius 2 is 2.13 bits per heavy atom. The Morgan fingerprint density at radius 3 is 2.67 bits per heavy atom. The Balaban J connectivity index is 2.82. The Labute approximate surface area is 88.6 Å². The summed E-state index contributed by atoms with van der Waals surface area (Å²) in [5.74, 6) is -0.348. The molecule has 0 N–H and O–H groups in total. The highest BCUT2D eigenvalue weighted by molar-refractivity contribution is 5.78. The van der Waals surface area contributed by atoms with Gasteiger partial charge in [-0.05, 0) is 5.56 Å². The van der Waals surface area contributed by atoms with E-state index in [1.165, 1.54) is 6.26 Å². The van der Waals surface area contributed by atoms with Crippen molar-refractivity contribution in [3.8, 4) is 6.07 Å². The fourth-order valence-corrected chi connectivity index (χ4v) is 0.985. The Hall–Kier alpha value is -2.08. The lowest BCUT2D eigenvalue weighted by atomic mass is 10.1. The first-order chi connectivity index (χ1) is 7.27. The third-order valence-electron chi connectivity index (χ3n) is 1.80. The highest BCUT2D eigenvalue weighted by atomic mass is 16.5. The van der Waals surface area contributed by atoms with E-state index < -0.39 is 0 Å². The number of esters is 1. The van der Waals surface area contributed by atoms with Crippen molar-refractivity contribution in [3.05, 3.63) is 42.2 Å². The molecule has 3 nitrogen and oxygen atoms in total. The van der Waals surface area contributed by atoms with Crippen molar-refractivity contribution < 1.29 is 9.53 Å². The van der Waals surface area contributed by atoms with Gasteiger partial charge >= 0.3 is 5.97 Å². The van der Waals surface area contributed by atoms with Crippen LogP contribution in [-0.2, 0) is 9.53 Å². The lowest BCUT2D eigenvalue weighted by Gasteiger charge is -1.99. The van der Waals surface area contributed by atoms with Gasteiger partial charge in [-0.15, -0.1) is 0 Å². The minimum atomic E-state index is -0.348. The number of allylic oxidation sites excluding steroid dienone is 1. The van der Waals surface area contributed by atoms with Crippen LogP contribution in [0.1, 0.15) is 18.9 Å². The van der Waals surface area contributed by atoms with E-state index in [9.17, 15) is 4.79 Å². The maximum absolute atomic E-state index is 10.9. The Bertz CT molecular complexity index is 401. The van der Waals surface area contributed by atoms with Gasteiger partial charge in [0.2, 0.25) is 0 Å². The molecule has 0 radical (unpaired) electrons. The molecule has 1 aromatic carbocycles. The molecule has 0 fully saturated rings. The van der Waals surface area contributed by atoms with Crippen LogP contribution in [-0.4, -0.2) is 5.97 Å². The van der Waals surface area contributed by atoms with Crippen LogP contribution in [0.15, 0.2) is 36.6 Å². The second-order valence-electron chi connectivity index (χ2n) is 2.85. The predicted octanol–water partition coefficient (Wildman–Crippen LogP) is 2.50. The van der Waals surface area contributed by atoms with Crippen molar-refractivity contribution in [3.63, 3.8) is 0 Å². The van der Waals surface area contributed by atoms with Gasteiger partial charge in [0.05, 0.1) is 5.57 Å². The highest BCUT2D eigenvalue weighted by Gasteiger charge is 2.01. The number of benzene rings is 1. The van der Waals surface area contributed by atoms with Gasteiger partial charge < -0.3 is 4.74 Å². The largest absolute Gasteiger partial charge is 0.433 e. The zero-order valence-corrected chi connectivity index (χ0v) is 8.43. The first kappa shape index (κ1) is 11.0. The summed E-state index contributed by atoms with van der Waals surface area (Å²) < 4.78 is 4.78. The smallest absolute Gasteiger partial charge is 0.310 e. The van der Waals surface area contributed by atoms with Crippen molar-refractivity contribution in [1.29, 1.82) is 5.26 Å². The first-order valence-corrected chi connectivity index (χ1v) is 4.63. The summed E-state index contributed by atoms with van der Waals surface area (Å²) in [5, 5.41) is 8.86. The number of hydrogen-bond acceptors (Lipinski definition) is 3. The first-order valence-electron chi connectivity index (χ1n) is 4.63. The number of carbonyl (C=O) groups excluding carboxylic acids is 1. The van der Waals surface area contributed by atoms with E-state index in [1.807, 2.05) is 24.3 Å². The lowest BCUT2D eigenvalue weighted by Crippen LogP contribution is -1.96. The minimum Gasteiger partial charge on any atom is -0.433 e. The average Bonchev–Trinajstić information content (AvgIpc) is 2.31. The standard InChI is InChI=1S/C12H11NO2/c1-2-12(14)15-9-11(8-13)10-6-4-3-5-7-10/h3-7,9H,2H2,1H3/b11-9+. The average molecular weight is 201 g/mol. The normalized spacial score (nSPS) is 10.5. The number of rotatable bonds is 3. The molecule has 0 spiro atoms. The molecule has 0 aliphatic rings. The summed E-state index contributed by atoms with van der Waals surface area (Å²) in [6, 6.07) is 11.1. The van der Waals surface area contributed by atoms with Crippen LogP contribution in [0.3, 0.4) is 0 Å². The zero-order valence-electron chi connectivity index (χ0n) is 8.43. The maximum atomic E-state index is 10.9. The Morgan fingerprint density at radius 1 is 1.47 bits per heavy atom. The third-order valence-corrected chi connectivity index (χ3v) is 1.80. The molecule has 0 bridgehead atoms. The maximum Gasteiger partial charge on any atom is 0.310 e. The van der Waals surface area contributed by atoms with Gasteiger partial charge in [0.15, 0.2) is 0 Å². The van der Waals surface area contributed by atoms with E-state index >= 15 is 0 Å². The molecule has 0 aromatic heterocycles. The molecule has 15 heavy (non-hydrogen) atoms. The molecule has 0 aliphatic heterocycles. The van der Waals surface area contributed by atoms with Crippen molar-refractivity contribution in [1.82, 2.24) is 0 Å². The summed E-state index contributed by atoms with van der Waals surface area (Å²) in [5.41, 5.74) is 1.08. The van der Waals surface area contributed by atoms with Gasteiger partial charge in [0.1, 0.15) is 12.3 Å². The zero-order chi connectivity index (χ0) is 11.1. The van der Waals surface area contributed by atoms with Crippen LogP contribution in [0.2, 0.25) is 0 Å². The van der Waals surface area contributed by atoms with E-state index in [-0.39, 0.29) is 5.97 Å². The summed E-state index contributed by atoms with van der Waals surface area (Å²) >= 11 is 0. The van der Waals surface area contributed by atoms with Crippen molar-refractivity contribution in [2.75, 3.05) is 0 Å². The van der Waals surface area contributed by atoms with E-state index in [0.717, 1.165) is 5.56 Å². The number of nitriles is 1. The van der Waals surface area contributed by atoms with E-state index in [0.29, 0.717) is 12.0 Å². The molecule has 0 unspecified atom stereocenters. The second kappa shape index (κ2) is 5.61. The summed E-state index contributed by atoms with van der Waals surface area (Å²) in [4.78, 5) is 10.9. The van der Waals surface area contributed by atoms with Gasteiger partial charge in [-0.2, -0.15) is 5.26 Å². The minimum absolute atomic E-state index is 0.296. The molecule has 0 saturated heterocycles. The Kier molecular flexibility index (Phi) is 4.11. The predicted molar refractivity (Wildman–Crippen MR) is 56.4 cm³/mol. The lowest BCUT2D eigenvalue weighted by molar-refractivity contribution is -0.137. The molecule has 1 aromatic rings. The molecule has 0 amide bonds. The number of carbonyl (C=O) groups is 1. The van der Waals surface area contributed by atoms with Crippen LogP contribution < -0.4 is 0 Å². The molecule has 0 atom stereocenters. The van der Waals surface area contributed by atoms with Crippen LogP contribution >= 0.6 is 0 Å². The monoisotopic (exact) mass is 201 g/mol. The summed E-state index contributed by atoms with van der Waals surface area (Å²) in [6.07, 6.45) is 1.49. The SMILES string of the molecule is CCC(=O)O/C=C(\C#N)c1ccccc1. The van der Waals surface area contributed by atoms with Crippen LogP contribution in [0, 0.1) is 11.3 Å². The van der Waals surface area contributed by atoms with Gasteiger partial charge in [0, 0.05) is 6.42 Å². The molecule has 0 heterocycles. The third kappa shape index (κ3) is 3.28. The van der Waals surface area contributed by atoms with Crippen molar-refractivity contribution in [2.45, 2.75) is 13.3 Å². The van der Waals surface area contributed by atoms with E-state index in [2.05, 4.69) is 0 Å². The second-order valence-corrected chi connectivity index (χ2v) is 2.85.